The Labute approximate surface area is 177 Å². The van der Waals surface area contributed by atoms with Gasteiger partial charge in [0.2, 0.25) is 0 Å². The first kappa shape index (κ1) is 19.4. The summed E-state index contributed by atoms with van der Waals surface area (Å²) >= 11 is 0. The zero-order chi connectivity index (χ0) is 20.7. The van der Waals surface area contributed by atoms with Gasteiger partial charge >= 0.3 is 0 Å². The average Bonchev–Trinajstić information content (AvgIpc) is 3.16. The van der Waals surface area contributed by atoms with Crippen molar-refractivity contribution in [2.24, 2.45) is 18.9 Å². The fraction of sp³-hybridized carbons (Fsp3) is 0.458. The SMILES string of the molecule is Cc1ccccc1-c1ncc(CN2CC3CCCC(C2)C3(O)c2nccn2C)cn1. The van der Waals surface area contributed by atoms with E-state index in [0.29, 0.717) is 0 Å². The van der Waals surface area contributed by atoms with Crippen LogP contribution in [0.25, 0.3) is 11.4 Å². The Hall–Kier alpha value is -2.57. The van der Waals surface area contributed by atoms with Crippen LogP contribution in [0.15, 0.2) is 49.1 Å². The minimum Gasteiger partial charge on any atom is -0.381 e. The number of aliphatic hydroxyl groups is 1. The second-order valence-corrected chi connectivity index (χ2v) is 8.94. The van der Waals surface area contributed by atoms with Crippen molar-refractivity contribution in [1.29, 1.82) is 0 Å². The third kappa shape index (κ3) is 3.24. The molecule has 1 N–H and O–H groups in total. The predicted molar refractivity (Wildman–Crippen MR) is 115 cm³/mol. The Kier molecular flexibility index (Phi) is 4.91. The molecule has 156 valence electrons. The van der Waals surface area contributed by atoms with Crippen LogP contribution in [-0.2, 0) is 19.2 Å². The molecule has 1 saturated heterocycles. The molecule has 0 radical (unpaired) electrons. The average molecular weight is 404 g/mol. The zero-order valence-corrected chi connectivity index (χ0v) is 17.7. The van der Waals surface area contributed by atoms with Crippen LogP contribution < -0.4 is 0 Å². The molecule has 30 heavy (non-hydrogen) atoms. The lowest BCUT2D eigenvalue weighted by Gasteiger charge is -2.52. The number of fused-ring (bicyclic) bond motifs is 2. The van der Waals surface area contributed by atoms with Crippen molar-refractivity contribution in [2.75, 3.05) is 13.1 Å². The van der Waals surface area contributed by atoms with Gasteiger partial charge < -0.3 is 9.67 Å². The molecule has 0 spiro atoms. The van der Waals surface area contributed by atoms with E-state index < -0.39 is 5.60 Å². The lowest BCUT2D eigenvalue weighted by molar-refractivity contribution is -0.155. The first-order valence-corrected chi connectivity index (χ1v) is 10.8. The minimum atomic E-state index is -0.821. The van der Waals surface area contributed by atoms with Crippen LogP contribution in [0.5, 0.6) is 0 Å². The van der Waals surface area contributed by atoms with Crippen LogP contribution in [0.1, 0.15) is 36.2 Å². The van der Waals surface area contributed by atoms with E-state index in [-0.39, 0.29) is 11.8 Å². The molecule has 3 aromatic rings. The van der Waals surface area contributed by atoms with Gasteiger partial charge in [-0.15, -0.1) is 0 Å². The van der Waals surface area contributed by atoms with E-state index >= 15 is 0 Å². The van der Waals surface area contributed by atoms with Gasteiger partial charge in [0.05, 0.1) is 0 Å². The highest BCUT2D eigenvalue weighted by atomic mass is 16.3. The second-order valence-electron chi connectivity index (χ2n) is 8.94. The Morgan fingerprint density at radius 1 is 1.07 bits per heavy atom. The molecular weight excluding hydrogens is 374 g/mol. The fourth-order valence-corrected chi connectivity index (χ4v) is 5.45. The highest BCUT2D eigenvalue weighted by Crippen LogP contribution is 2.48. The predicted octanol–water partition coefficient (Wildman–Crippen LogP) is 3.31. The normalized spacial score (nSPS) is 26.6. The summed E-state index contributed by atoms with van der Waals surface area (Å²) in [5.74, 6) is 2.01. The van der Waals surface area contributed by atoms with Crippen LogP contribution in [-0.4, -0.2) is 42.6 Å². The van der Waals surface area contributed by atoms with Crippen LogP contribution in [0.2, 0.25) is 0 Å². The first-order chi connectivity index (χ1) is 14.6. The van der Waals surface area contributed by atoms with Crippen molar-refractivity contribution in [3.8, 4) is 11.4 Å². The molecule has 1 aliphatic heterocycles. The van der Waals surface area contributed by atoms with Gasteiger partial charge in [0.1, 0.15) is 11.4 Å². The standard InChI is InChI=1S/C24H29N5O/c1-17-6-3-4-9-21(17)22-26-12-18(13-27-22)14-29-15-19-7-5-8-20(16-29)24(19,30)23-25-10-11-28(23)2/h3-4,6,9-13,19-20,30H,5,7-8,14-16H2,1-2H3. The largest absolute Gasteiger partial charge is 0.381 e. The second kappa shape index (κ2) is 7.60. The number of piperidine rings is 1. The molecule has 2 bridgehead atoms. The fourth-order valence-electron chi connectivity index (χ4n) is 5.45. The number of benzene rings is 1. The molecule has 2 unspecified atom stereocenters. The third-order valence-corrected chi connectivity index (χ3v) is 6.98. The topological polar surface area (TPSA) is 67.1 Å². The summed E-state index contributed by atoms with van der Waals surface area (Å²) in [6, 6.07) is 8.21. The van der Waals surface area contributed by atoms with Crippen LogP contribution in [0.3, 0.4) is 0 Å². The number of hydrogen-bond acceptors (Lipinski definition) is 5. The first-order valence-electron chi connectivity index (χ1n) is 10.8. The van der Waals surface area contributed by atoms with Crippen molar-refractivity contribution in [1.82, 2.24) is 24.4 Å². The monoisotopic (exact) mass is 403 g/mol. The summed E-state index contributed by atoms with van der Waals surface area (Å²) in [4.78, 5) is 16.2. The van der Waals surface area contributed by atoms with Gasteiger partial charge in [-0.1, -0.05) is 30.7 Å². The number of aryl methyl sites for hydroxylation is 2. The summed E-state index contributed by atoms with van der Waals surface area (Å²) < 4.78 is 1.99. The van der Waals surface area contributed by atoms with E-state index in [1.54, 1.807) is 6.20 Å². The Morgan fingerprint density at radius 2 is 1.77 bits per heavy atom. The molecular formula is C24H29N5O. The van der Waals surface area contributed by atoms with E-state index in [0.717, 1.165) is 55.3 Å². The van der Waals surface area contributed by atoms with Crippen molar-refractivity contribution in [2.45, 2.75) is 38.3 Å². The molecule has 6 nitrogen and oxygen atoms in total. The van der Waals surface area contributed by atoms with Crippen molar-refractivity contribution >= 4 is 0 Å². The number of aromatic nitrogens is 4. The maximum Gasteiger partial charge on any atom is 0.159 e. The van der Waals surface area contributed by atoms with E-state index in [2.05, 4.69) is 38.9 Å². The molecule has 6 heteroatoms. The zero-order valence-electron chi connectivity index (χ0n) is 17.7. The summed E-state index contributed by atoms with van der Waals surface area (Å²) in [6.45, 7) is 4.65. The van der Waals surface area contributed by atoms with Gasteiger partial charge in [-0.2, -0.15) is 0 Å². The Bertz CT molecular complexity index is 1010. The molecule has 1 aliphatic carbocycles. The third-order valence-electron chi connectivity index (χ3n) is 6.98. The van der Waals surface area contributed by atoms with E-state index in [4.69, 9.17) is 0 Å². The lowest BCUT2D eigenvalue weighted by Crippen LogP contribution is -2.58. The van der Waals surface area contributed by atoms with Crippen LogP contribution >= 0.6 is 0 Å². The van der Waals surface area contributed by atoms with Crippen LogP contribution in [0, 0.1) is 18.8 Å². The molecule has 2 atom stereocenters. The molecule has 1 saturated carbocycles. The Balaban J connectivity index is 1.33. The summed E-state index contributed by atoms with van der Waals surface area (Å²) in [5, 5.41) is 11.7. The molecule has 0 amide bonds. The lowest BCUT2D eigenvalue weighted by atomic mass is 9.65. The number of hydrogen-bond donors (Lipinski definition) is 1. The molecule has 3 heterocycles. The van der Waals surface area contributed by atoms with Crippen LogP contribution in [0.4, 0.5) is 0 Å². The van der Waals surface area contributed by atoms with Gasteiger partial charge in [0, 0.05) is 74.4 Å². The highest BCUT2D eigenvalue weighted by molar-refractivity contribution is 5.59. The number of nitrogens with zero attached hydrogens (tertiary/aromatic N) is 5. The minimum absolute atomic E-state index is 0.207. The summed E-state index contributed by atoms with van der Waals surface area (Å²) in [5.41, 5.74) is 2.56. The number of rotatable bonds is 4. The van der Waals surface area contributed by atoms with Gasteiger partial charge in [-0.3, -0.25) is 4.90 Å². The summed E-state index contributed by atoms with van der Waals surface area (Å²) in [7, 11) is 1.98. The number of imidazole rings is 1. The molecule has 1 aromatic carbocycles. The molecule has 2 aromatic heterocycles. The maximum atomic E-state index is 11.7. The number of likely N-dealkylation sites (tertiary alicyclic amines) is 1. The van der Waals surface area contributed by atoms with E-state index in [1.807, 2.05) is 42.3 Å². The molecule has 5 rings (SSSR count). The maximum absolute atomic E-state index is 11.7. The smallest absolute Gasteiger partial charge is 0.159 e. The molecule has 2 fully saturated rings. The van der Waals surface area contributed by atoms with Gasteiger partial charge in [-0.25, -0.2) is 15.0 Å². The molecule has 2 aliphatic rings. The van der Waals surface area contributed by atoms with E-state index in [1.165, 1.54) is 12.0 Å². The van der Waals surface area contributed by atoms with Gasteiger partial charge in [-0.05, 0) is 25.3 Å². The van der Waals surface area contributed by atoms with E-state index in [9.17, 15) is 5.11 Å². The summed E-state index contributed by atoms with van der Waals surface area (Å²) in [6.07, 6.45) is 10.9. The van der Waals surface area contributed by atoms with Gasteiger partial charge in [0.15, 0.2) is 5.82 Å². The van der Waals surface area contributed by atoms with Crippen molar-refractivity contribution in [3.63, 3.8) is 0 Å². The quantitative estimate of drug-likeness (QED) is 0.724. The highest BCUT2D eigenvalue weighted by Gasteiger charge is 2.53. The van der Waals surface area contributed by atoms with Crippen molar-refractivity contribution < 1.29 is 5.11 Å². The van der Waals surface area contributed by atoms with Gasteiger partial charge in [0.25, 0.3) is 0 Å². The Morgan fingerprint density at radius 3 is 2.40 bits per heavy atom. The van der Waals surface area contributed by atoms with Crippen molar-refractivity contribution in [3.05, 3.63) is 66.0 Å².